The average Bonchev–Trinajstić information content (AvgIpc) is 2.67. The first kappa shape index (κ1) is 13.2. The summed E-state index contributed by atoms with van der Waals surface area (Å²) >= 11 is 11.6. The van der Waals surface area contributed by atoms with Gasteiger partial charge in [0, 0.05) is 18.2 Å². The van der Waals surface area contributed by atoms with Gasteiger partial charge in [-0.05, 0) is 23.7 Å². The van der Waals surface area contributed by atoms with Crippen LogP contribution in [-0.4, -0.2) is 28.4 Å². The summed E-state index contributed by atoms with van der Waals surface area (Å²) in [7, 11) is 0. The highest BCUT2D eigenvalue weighted by molar-refractivity contribution is 6.32. The second-order valence-corrected chi connectivity index (χ2v) is 4.75. The Labute approximate surface area is 125 Å². The lowest BCUT2D eigenvalue weighted by Gasteiger charge is -2.11. The summed E-state index contributed by atoms with van der Waals surface area (Å²) in [4.78, 5) is 3.98. The molecular weight excluding hydrogens is 303 g/mol. The molecular formula is C12H10Cl2N4O2. The molecule has 0 amide bonds. The number of rotatable bonds is 2. The third-order valence-corrected chi connectivity index (χ3v) is 3.04. The van der Waals surface area contributed by atoms with Crippen molar-refractivity contribution in [2.45, 2.75) is 6.42 Å². The minimum Gasteiger partial charge on any atom is -0.490 e. The summed E-state index contributed by atoms with van der Waals surface area (Å²) in [6, 6.07) is 5.47. The third-order valence-electron chi connectivity index (χ3n) is 2.63. The normalized spacial score (nSPS) is 13.7. The molecule has 0 unspecified atom stereocenters. The summed E-state index contributed by atoms with van der Waals surface area (Å²) in [5.74, 6) is 1.73. The number of fused-ring (bicyclic) bond motifs is 1. The van der Waals surface area contributed by atoms with Crippen molar-refractivity contribution >= 4 is 34.7 Å². The smallest absolute Gasteiger partial charge is 0.245 e. The van der Waals surface area contributed by atoms with Crippen LogP contribution in [-0.2, 0) is 0 Å². The second-order valence-electron chi connectivity index (χ2n) is 4.06. The molecule has 1 N–H and O–H groups in total. The Bertz CT molecular complexity index is 639. The Morgan fingerprint density at radius 2 is 1.85 bits per heavy atom. The minimum absolute atomic E-state index is 0.0197. The van der Waals surface area contributed by atoms with Gasteiger partial charge in [-0.3, -0.25) is 0 Å². The van der Waals surface area contributed by atoms with Gasteiger partial charge >= 0.3 is 0 Å². The lowest BCUT2D eigenvalue weighted by Crippen LogP contribution is -1.99. The molecule has 3 rings (SSSR count). The van der Waals surface area contributed by atoms with Gasteiger partial charge < -0.3 is 14.8 Å². The van der Waals surface area contributed by atoms with Crippen LogP contribution >= 0.6 is 23.2 Å². The van der Waals surface area contributed by atoms with Crippen LogP contribution in [0.3, 0.4) is 0 Å². The number of benzene rings is 1. The molecule has 0 fully saturated rings. The molecule has 8 heteroatoms. The Kier molecular flexibility index (Phi) is 3.75. The summed E-state index contributed by atoms with van der Waals surface area (Å²) in [5, 5.41) is 10.4. The molecule has 1 aliphatic heterocycles. The van der Waals surface area contributed by atoms with Crippen molar-refractivity contribution in [1.29, 1.82) is 0 Å². The number of ether oxygens (including phenoxy) is 2. The molecule has 0 spiro atoms. The van der Waals surface area contributed by atoms with E-state index in [4.69, 9.17) is 32.7 Å². The van der Waals surface area contributed by atoms with Gasteiger partial charge in [0.05, 0.1) is 13.2 Å². The number of nitrogens with zero attached hydrogens (tertiary/aromatic N) is 3. The first-order chi connectivity index (χ1) is 9.72. The fourth-order valence-electron chi connectivity index (χ4n) is 1.75. The molecule has 20 heavy (non-hydrogen) atoms. The Hall–Kier alpha value is -1.79. The topological polar surface area (TPSA) is 69.2 Å². The largest absolute Gasteiger partial charge is 0.490 e. The number of hydrogen-bond acceptors (Lipinski definition) is 6. The summed E-state index contributed by atoms with van der Waals surface area (Å²) in [5.41, 5.74) is 0.743. The van der Waals surface area contributed by atoms with E-state index in [1.54, 1.807) is 0 Å². The fraction of sp³-hybridized carbons (Fsp3) is 0.250. The zero-order chi connectivity index (χ0) is 13.9. The summed E-state index contributed by atoms with van der Waals surface area (Å²) in [6.07, 6.45) is 0.856. The van der Waals surface area contributed by atoms with Crippen LogP contribution in [0.25, 0.3) is 0 Å². The van der Waals surface area contributed by atoms with Crippen LogP contribution in [0.5, 0.6) is 11.5 Å². The van der Waals surface area contributed by atoms with Crippen molar-refractivity contribution in [2.75, 3.05) is 18.5 Å². The SMILES string of the molecule is Clc1nnc(Cl)c(Nc2ccc3c(c2)OCCCO3)n1. The highest BCUT2D eigenvalue weighted by Gasteiger charge is 2.12. The highest BCUT2D eigenvalue weighted by atomic mass is 35.5. The molecule has 0 saturated carbocycles. The van der Waals surface area contributed by atoms with Gasteiger partial charge in [-0.2, -0.15) is 4.98 Å². The number of anilines is 2. The zero-order valence-corrected chi connectivity index (χ0v) is 11.8. The molecule has 1 aliphatic rings. The zero-order valence-electron chi connectivity index (χ0n) is 10.3. The lowest BCUT2D eigenvalue weighted by atomic mass is 10.2. The van der Waals surface area contributed by atoms with E-state index < -0.39 is 0 Å². The predicted octanol–water partition coefficient (Wildman–Crippen LogP) is 3.08. The Morgan fingerprint density at radius 3 is 2.70 bits per heavy atom. The third kappa shape index (κ3) is 2.86. The van der Waals surface area contributed by atoms with Crippen LogP contribution in [0.4, 0.5) is 11.5 Å². The maximum Gasteiger partial charge on any atom is 0.245 e. The molecule has 2 heterocycles. The Morgan fingerprint density at radius 1 is 1.05 bits per heavy atom. The molecule has 2 aromatic rings. The molecule has 1 aromatic heterocycles. The van der Waals surface area contributed by atoms with Crippen LogP contribution in [0.2, 0.25) is 10.4 Å². The van der Waals surface area contributed by atoms with Crippen LogP contribution in [0, 0.1) is 0 Å². The van der Waals surface area contributed by atoms with Crippen LogP contribution in [0.1, 0.15) is 6.42 Å². The van der Waals surface area contributed by atoms with Gasteiger partial charge in [0.2, 0.25) is 5.28 Å². The summed E-state index contributed by atoms with van der Waals surface area (Å²) < 4.78 is 11.2. The van der Waals surface area contributed by atoms with Crippen molar-refractivity contribution in [3.8, 4) is 11.5 Å². The Balaban J connectivity index is 1.87. The van der Waals surface area contributed by atoms with Crippen molar-refractivity contribution in [1.82, 2.24) is 15.2 Å². The first-order valence-electron chi connectivity index (χ1n) is 5.95. The predicted molar refractivity (Wildman–Crippen MR) is 75.2 cm³/mol. The fourth-order valence-corrected chi connectivity index (χ4v) is 2.00. The van der Waals surface area contributed by atoms with Gasteiger partial charge in [0.15, 0.2) is 22.5 Å². The molecule has 1 aromatic carbocycles. The number of halogens is 2. The summed E-state index contributed by atoms with van der Waals surface area (Å²) in [6.45, 7) is 1.27. The number of aromatic nitrogens is 3. The molecule has 0 saturated heterocycles. The van der Waals surface area contributed by atoms with Gasteiger partial charge in [0.25, 0.3) is 0 Å². The van der Waals surface area contributed by atoms with Gasteiger partial charge in [-0.1, -0.05) is 11.6 Å². The average molecular weight is 313 g/mol. The molecule has 0 bridgehead atoms. The number of hydrogen-bond donors (Lipinski definition) is 1. The quantitative estimate of drug-likeness (QED) is 0.919. The lowest BCUT2D eigenvalue weighted by molar-refractivity contribution is 0.297. The van der Waals surface area contributed by atoms with Crippen molar-refractivity contribution < 1.29 is 9.47 Å². The van der Waals surface area contributed by atoms with Crippen LogP contribution < -0.4 is 14.8 Å². The molecule has 6 nitrogen and oxygen atoms in total. The maximum absolute atomic E-state index is 5.90. The van der Waals surface area contributed by atoms with Gasteiger partial charge in [-0.15, -0.1) is 10.2 Å². The second kappa shape index (κ2) is 5.68. The van der Waals surface area contributed by atoms with E-state index in [1.807, 2.05) is 18.2 Å². The van der Waals surface area contributed by atoms with Crippen molar-refractivity contribution in [3.63, 3.8) is 0 Å². The van der Waals surface area contributed by atoms with Crippen molar-refractivity contribution in [2.24, 2.45) is 0 Å². The maximum atomic E-state index is 5.90. The van der Waals surface area contributed by atoms with E-state index in [-0.39, 0.29) is 10.4 Å². The van der Waals surface area contributed by atoms with Crippen molar-refractivity contribution in [3.05, 3.63) is 28.6 Å². The standard InChI is InChI=1S/C12H10Cl2N4O2/c13-10-11(16-12(14)18-17-10)15-7-2-3-8-9(6-7)20-5-1-4-19-8/h2-3,6H,1,4-5H2,(H,15,16,18). The minimum atomic E-state index is 0.0197. The molecule has 104 valence electrons. The first-order valence-corrected chi connectivity index (χ1v) is 6.70. The van der Waals surface area contributed by atoms with E-state index in [0.717, 1.165) is 17.9 Å². The van der Waals surface area contributed by atoms with E-state index in [9.17, 15) is 0 Å². The number of nitrogens with one attached hydrogen (secondary N) is 1. The monoisotopic (exact) mass is 312 g/mol. The molecule has 0 radical (unpaired) electrons. The van der Waals surface area contributed by atoms with E-state index >= 15 is 0 Å². The van der Waals surface area contributed by atoms with E-state index in [1.165, 1.54) is 0 Å². The van der Waals surface area contributed by atoms with Crippen LogP contribution in [0.15, 0.2) is 18.2 Å². The molecule has 0 aliphatic carbocycles. The van der Waals surface area contributed by atoms with E-state index in [2.05, 4.69) is 20.5 Å². The van der Waals surface area contributed by atoms with Gasteiger partial charge in [0.1, 0.15) is 0 Å². The van der Waals surface area contributed by atoms with Gasteiger partial charge in [-0.25, -0.2) is 0 Å². The van der Waals surface area contributed by atoms with E-state index in [0.29, 0.717) is 24.8 Å². The molecule has 0 atom stereocenters. The highest BCUT2D eigenvalue weighted by Crippen LogP contribution is 2.33.